The standard InChI is InChI=1S/C16H22N2OS/c1-5-10-19-15-8-6-14(7-9-15)18-12(3)16-11(2)17-13(4)20-16/h6-9,12,18H,5,10H2,1-4H3. The summed E-state index contributed by atoms with van der Waals surface area (Å²) in [6.07, 6.45) is 1.03. The Morgan fingerprint density at radius 3 is 2.50 bits per heavy atom. The minimum atomic E-state index is 0.267. The molecular weight excluding hydrogens is 268 g/mol. The van der Waals surface area contributed by atoms with E-state index < -0.39 is 0 Å². The average Bonchev–Trinajstić information content (AvgIpc) is 2.77. The smallest absolute Gasteiger partial charge is 0.119 e. The summed E-state index contributed by atoms with van der Waals surface area (Å²) in [6.45, 7) is 9.16. The van der Waals surface area contributed by atoms with Crippen molar-refractivity contribution in [1.29, 1.82) is 0 Å². The molecule has 1 aromatic carbocycles. The molecule has 0 spiro atoms. The van der Waals surface area contributed by atoms with Gasteiger partial charge in [0.1, 0.15) is 5.75 Å². The maximum Gasteiger partial charge on any atom is 0.119 e. The number of nitrogens with one attached hydrogen (secondary N) is 1. The molecule has 0 aliphatic heterocycles. The molecule has 0 fully saturated rings. The zero-order valence-electron chi connectivity index (χ0n) is 12.6. The van der Waals surface area contributed by atoms with Gasteiger partial charge in [-0.1, -0.05) is 6.92 Å². The number of aryl methyl sites for hydroxylation is 2. The zero-order valence-corrected chi connectivity index (χ0v) is 13.4. The van der Waals surface area contributed by atoms with E-state index in [9.17, 15) is 0 Å². The number of hydrogen-bond acceptors (Lipinski definition) is 4. The number of aromatic nitrogens is 1. The molecule has 0 amide bonds. The van der Waals surface area contributed by atoms with Crippen LogP contribution in [0.25, 0.3) is 0 Å². The summed E-state index contributed by atoms with van der Waals surface area (Å²) in [6, 6.07) is 8.41. The van der Waals surface area contributed by atoms with Crippen LogP contribution >= 0.6 is 11.3 Å². The van der Waals surface area contributed by atoms with Gasteiger partial charge >= 0.3 is 0 Å². The van der Waals surface area contributed by atoms with Gasteiger partial charge in [-0.05, 0) is 51.5 Å². The number of ether oxygens (including phenoxy) is 1. The third-order valence-electron chi connectivity index (χ3n) is 3.04. The Morgan fingerprint density at radius 1 is 1.25 bits per heavy atom. The number of rotatable bonds is 6. The fourth-order valence-electron chi connectivity index (χ4n) is 2.13. The van der Waals surface area contributed by atoms with Crippen LogP contribution in [0.15, 0.2) is 24.3 Å². The molecule has 0 aliphatic carbocycles. The van der Waals surface area contributed by atoms with Crippen LogP contribution < -0.4 is 10.1 Å². The van der Waals surface area contributed by atoms with Crippen molar-refractivity contribution in [2.45, 2.75) is 40.2 Å². The fourth-order valence-corrected chi connectivity index (χ4v) is 3.06. The van der Waals surface area contributed by atoms with E-state index in [2.05, 4.69) is 43.2 Å². The molecule has 4 heteroatoms. The quantitative estimate of drug-likeness (QED) is 0.835. The molecule has 1 atom stereocenters. The Balaban J connectivity index is 2.00. The van der Waals surface area contributed by atoms with Crippen LogP contribution in [0.1, 0.15) is 41.9 Å². The molecule has 1 N–H and O–H groups in total. The maximum absolute atomic E-state index is 5.59. The summed E-state index contributed by atoms with van der Waals surface area (Å²) in [5.41, 5.74) is 2.22. The first-order chi connectivity index (χ1) is 9.60. The van der Waals surface area contributed by atoms with E-state index in [0.29, 0.717) is 0 Å². The molecule has 3 nitrogen and oxygen atoms in total. The molecular formula is C16H22N2OS. The van der Waals surface area contributed by atoms with Crippen molar-refractivity contribution < 1.29 is 4.74 Å². The molecule has 1 unspecified atom stereocenters. The monoisotopic (exact) mass is 290 g/mol. The highest BCUT2D eigenvalue weighted by Crippen LogP contribution is 2.28. The lowest BCUT2D eigenvalue weighted by molar-refractivity contribution is 0.317. The summed E-state index contributed by atoms with van der Waals surface area (Å²) in [4.78, 5) is 5.78. The second-order valence-corrected chi connectivity index (χ2v) is 6.16. The van der Waals surface area contributed by atoms with Crippen molar-refractivity contribution in [3.8, 4) is 5.75 Å². The Hall–Kier alpha value is -1.55. The zero-order chi connectivity index (χ0) is 14.5. The molecule has 0 aliphatic rings. The summed E-state index contributed by atoms with van der Waals surface area (Å²) < 4.78 is 5.59. The fraction of sp³-hybridized carbons (Fsp3) is 0.438. The predicted octanol–water partition coefficient (Wildman–Crippen LogP) is 4.72. The minimum Gasteiger partial charge on any atom is -0.494 e. The molecule has 0 saturated carbocycles. The SMILES string of the molecule is CCCOc1ccc(NC(C)c2sc(C)nc2C)cc1. The third kappa shape index (κ3) is 3.73. The van der Waals surface area contributed by atoms with Crippen LogP contribution in [0.5, 0.6) is 5.75 Å². The molecule has 2 rings (SSSR count). The van der Waals surface area contributed by atoms with E-state index in [-0.39, 0.29) is 6.04 Å². The molecule has 0 saturated heterocycles. The average molecular weight is 290 g/mol. The van der Waals surface area contributed by atoms with E-state index in [1.165, 1.54) is 4.88 Å². The third-order valence-corrected chi connectivity index (χ3v) is 4.30. The Bertz CT molecular complexity index is 548. The van der Waals surface area contributed by atoms with Gasteiger partial charge in [0.15, 0.2) is 0 Å². The van der Waals surface area contributed by atoms with Gasteiger partial charge < -0.3 is 10.1 Å². The number of benzene rings is 1. The second kappa shape index (κ2) is 6.75. The summed E-state index contributed by atoms with van der Waals surface area (Å²) in [5, 5.41) is 4.63. The van der Waals surface area contributed by atoms with E-state index in [1.54, 1.807) is 11.3 Å². The first-order valence-corrected chi connectivity index (χ1v) is 7.85. The van der Waals surface area contributed by atoms with Crippen LogP contribution in [-0.4, -0.2) is 11.6 Å². The van der Waals surface area contributed by atoms with Crippen molar-refractivity contribution in [2.75, 3.05) is 11.9 Å². The lowest BCUT2D eigenvalue weighted by Crippen LogP contribution is -2.06. The van der Waals surface area contributed by atoms with Crippen LogP contribution in [0.2, 0.25) is 0 Å². The number of nitrogens with zero attached hydrogens (tertiary/aromatic N) is 1. The van der Waals surface area contributed by atoms with E-state index in [4.69, 9.17) is 4.74 Å². The van der Waals surface area contributed by atoms with Crippen LogP contribution in [0.3, 0.4) is 0 Å². The number of hydrogen-bond donors (Lipinski definition) is 1. The minimum absolute atomic E-state index is 0.267. The van der Waals surface area contributed by atoms with Crippen molar-refractivity contribution in [3.05, 3.63) is 39.8 Å². The van der Waals surface area contributed by atoms with Gasteiger partial charge in [0, 0.05) is 10.6 Å². The van der Waals surface area contributed by atoms with Crippen molar-refractivity contribution in [3.63, 3.8) is 0 Å². The normalized spacial score (nSPS) is 12.2. The topological polar surface area (TPSA) is 34.1 Å². The highest BCUT2D eigenvalue weighted by Gasteiger charge is 2.12. The van der Waals surface area contributed by atoms with Gasteiger partial charge in [-0.25, -0.2) is 4.98 Å². The Labute approximate surface area is 125 Å². The summed E-state index contributed by atoms with van der Waals surface area (Å²) in [7, 11) is 0. The largest absolute Gasteiger partial charge is 0.494 e. The number of anilines is 1. The van der Waals surface area contributed by atoms with E-state index in [0.717, 1.165) is 35.2 Å². The molecule has 2 aromatic rings. The molecule has 0 radical (unpaired) electrons. The van der Waals surface area contributed by atoms with Crippen molar-refractivity contribution >= 4 is 17.0 Å². The second-order valence-electron chi connectivity index (χ2n) is 4.92. The lowest BCUT2D eigenvalue weighted by atomic mass is 10.2. The number of thiazole rings is 1. The maximum atomic E-state index is 5.59. The molecule has 1 heterocycles. The van der Waals surface area contributed by atoms with Crippen LogP contribution in [0, 0.1) is 13.8 Å². The van der Waals surface area contributed by atoms with Crippen molar-refractivity contribution in [1.82, 2.24) is 4.98 Å². The lowest BCUT2D eigenvalue weighted by Gasteiger charge is -2.15. The van der Waals surface area contributed by atoms with Gasteiger partial charge in [-0.3, -0.25) is 0 Å². The molecule has 1 aromatic heterocycles. The summed E-state index contributed by atoms with van der Waals surface area (Å²) in [5.74, 6) is 0.926. The van der Waals surface area contributed by atoms with Gasteiger partial charge in [-0.2, -0.15) is 0 Å². The molecule has 0 bridgehead atoms. The first kappa shape index (κ1) is 14.9. The highest BCUT2D eigenvalue weighted by molar-refractivity contribution is 7.11. The van der Waals surface area contributed by atoms with E-state index in [1.807, 2.05) is 19.1 Å². The Kier molecular flexibility index (Phi) is 5.01. The van der Waals surface area contributed by atoms with Crippen LogP contribution in [0.4, 0.5) is 5.69 Å². The van der Waals surface area contributed by atoms with E-state index >= 15 is 0 Å². The first-order valence-electron chi connectivity index (χ1n) is 7.03. The van der Waals surface area contributed by atoms with Gasteiger partial charge in [0.05, 0.1) is 23.4 Å². The van der Waals surface area contributed by atoms with Gasteiger partial charge in [0.25, 0.3) is 0 Å². The van der Waals surface area contributed by atoms with Gasteiger partial charge in [0.2, 0.25) is 0 Å². The van der Waals surface area contributed by atoms with Crippen molar-refractivity contribution in [2.24, 2.45) is 0 Å². The van der Waals surface area contributed by atoms with Gasteiger partial charge in [-0.15, -0.1) is 11.3 Å². The highest BCUT2D eigenvalue weighted by atomic mass is 32.1. The Morgan fingerprint density at radius 2 is 1.95 bits per heavy atom. The van der Waals surface area contributed by atoms with Crippen LogP contribution in [-0.2, 0) is 0 Å². The predicted molar refractivity (Wildman–Crippen MR) is 85.9 cm³/mol. The summed E-state index contributed by atoms with van der Waals surface area (Å²) >= 11 is 1.76. The molecule has 108 valence electrons. The molecule has 20 heavy (non-hydrogen) atoms.